The zero-order valence-electron chi connectivity index (χ0n) is 35.4. The second-order valence-corrected chi connectivity index (χ2v) is 15.1. The molecule has 9 rings (SSSR count). The van der Waals surface area contributed by atoms with Crippen molar-refractivity contribution in [2.24, 2.45) is 0 Å². The monoisotopic (exact) mass is 871 g/mol. The van der Waals surface area contributed by atoms with Gasteiger partial charge in [0.1, 0.15) is 58.8 Å². The van der Waals surface area contributed by atoms with Crippen molar-refractivity contribution >= 4 is 27.6 Å². The first kappa shape index (κ1) is 42.4. The third kappa shape index (κ3) is 11.0. The Bertz CT molecular complexity index is 2890. The van der Waals surface area contributed by atoms with Crippen molar-refractivity contribution < 1.29 is 27.8 Å². The van der Waals surface area contributed by atoms with Gasteiger partial charge in [-0.05, 0) is 36.4 Å². The summed E-state index contributed by atoms with van der Waals surface area (Å²) in [7, 11) is 0. The minimum absolute atomic E-state index is 0.107. The maximum atomic E-state index is 12.7. The molecular weight excluding hydrogens is 827 g/mol. The molecule has 4 aromatic heterocycles. The van der Waals surface area contributed by atoms with Crippen LogP contribution in [0, 0.1) is 0 Å². The van der Waals surface area contributed by atoms with Crippen LogP contribution in [-0.4, -0.2) is 69.6 Å². The van der Waals surface area contributed by atoms with Crippen molar-refractivity contribution in [2.75, 3.05) is 44.5 Å². The summed E-state index contributed by atoms with van der Waals surface area (Å²) in [6.07, 6.45) is 3.83. The molecule has 0 fully saturated rings. The van der Waals surface area contributed by atoms with E-state index in [-0.39, 0.29) is 10.9 Å². The smallest absolute Gasteiger partial charge is 0.193 e. The number of benzene rings is 5. The number of hydrogen-bond acceptors (Lipinski definition) is 13. The van der Waals surface area contributed by atoms with E-state index in [2.05, 4.69) is 25.5 Å². The molecule has 0 aliphatic rings. The zero-order chi connectivity index (χ0) is 44.2. The fourth-order valence-electron chi connectivity index (χ4n) is 7.21. The van der Waals surface area contributed by atoms with Crippen LogP contribution >= 0.6 is 0 Å². The first-order chi connectivity index (χ1) is 32.0. The normalized spacial score (nSPS) is 11.3. The molecule has 0 radical (unpaired) electrons. The molecule has 0 aliphatic heterocycles. The van der Waals surface area contributed by atoms with Gasteiger partial charge in [-0.15, -0.1) is 10.2 Å². The van der Waals surface area contributed by atoms with Crippen molar-refractivity contribution in [3.05, 3.63) is 184 Å². The van der Waals surface area contributed by atoms with Crippen molar-refractivity contribution in [1.82, 2.24) is 30.0 Å². The summed E-state index contributed by atoms with van der Waals surface area (Å²) in [5.41, 5.74) is 4.98. The van der Waals surface area contributed by atoms with E-state index in [0.29, 0.717) is 111 Å². The highest BCUT2D eigenvalue weighted by Gasteiger charge is 2.15. The topological polar surface area (TPSA) is 162 Å². The van der Waals surface area contributed by atoms with Crippen LogP contribution in [0.4, 0.5) is 5.69 Å². The van der Waals surface area contributed by atoms with E-state index in [9.17, 15) is 9.59 Å². The van der Waals surface area contributed by atoms with Crippen LogP contribution in [0.2, 0.25) is 0 Å². The molecule has 0 aliphatic carbocycles. The molecule has 15 nitrogen and oxygen atoms in total. The Hall–Kier alpha value is -7.88. The van der Waals surface area contributed by atoms with Gasteiger partial charge in [-0.25, -0.2) is 9.36 Å². The van der Waals surface area contributed by atoms with Crippen molar-refractivity contribution in [1.29, 1.82) is 0 Å². The highest BCUT2D eigenvalue weighted by atomic mass is 16.5. The van der Waals surface area contributed by atoms with E-state index in [1.165, 1.54) is 12.1 Å². The van der Waals surface area contributed by atoms with Crippen LogP contribution in [0.3, 0.4) is 0 Å². The van der Waals surface area contributed by atoms with Crippen molar-refractivity contribution in [3.63, 3.8) is 0 Å². The summed E-state index contributed by atoms with van der Waals surface area (Å²) in [5, 5.41) is 18.5. The molecule has 328 valence electrons. The maximum absolute atomic E-state index is 12.7. The van der Waals surface area contributed by atoms with E-state index in [0.717, 1.165) is 28.2 Å². The van der Waals surface area contributed by atoms with E-state index in [1.807, 2.05) is 103 Å². The average Bonchev–Trinajstić information content (AvgIpc) is 4.00. The molecule has 5 aromatic carbocycles. The molecular formula is C50H45N7O8. The predicted octanol–water partition coefficient (Wildman–Crippen LogP) is 7.81. The molecule has 0 atom stereocenters. The number of para-hydroxylation sites is 1. The Kier molecular flexibility index (Phi) is 13.4. The van der Waals surface area contributed by atoms with E-state index >= 15 is 0 Å². The standard InChI is InChI=1S/C50H45N7O8/c58-45-30-47(36-10-4-1-5-11-36)64-49-28-41(16-18-43(45)49)62-26-24-60-22-20-56-34-38(51-53-56)32-55(40-14-8-3-9-15-40)33-39-35-57(54-52-39)21-23-61-25-27-63-42-17-19-44-46(59)31-48(65-50(44)29-42)37-12-6-2-7-13-37/h1-19,28-31,34-35H,20-27,32-33H2. The van der Waals surface area contributed by atoms with Gasteiger partial charge in [0.25, 0.3) is 0 Å². The Labute approximate surface area is 373 Å². The Morgan fingerprint density at radius 1 is 0.492 bits per heavy atom. The number of ether oxygens (including phenoxy) is 4. The average molecular weight is 872 g/mol. The SMILES string of the molecule is O=c1cc(-c2ccccc2)oc2cc(OCCOCCn3cc(CN(Cc4cn(CCOCCOc5ccc6c(=O)cc(-c7ccccc7)oc6c5)nn4)c4ccccc4)nn3)ccc12. The summed E-state index contributed by atoms with van der Waals surface area (Å²) in [4.78, 5) is 27.6. The molecule has 0 saturated carbocycles. The van der Waals surface area contributed by atoms with Gasteiger partial charge < -0.3 is 32.7 Å². The second-order valence-electron chi connectivity index (χ2n) is 15.1. The van der Waals surface area contributed by atoms with E-state index < -0.39 is 0 Å². The zero-order valence-corrected chi connectivity index (χ0v) is 35.4. The quantitative estimate of drug-likeness (QED) is 0.0644. The van der Waals surface area contributed by atoms with Crippen LogP contribution in [0.15, 0.2) is 170 Å². The van der Waals surface area contributed by atoms with Gasteiger partial charge >= 0.3 is 0 Å². The first-order valence-corrected chi connectivity index (χ1v) is 21.3. The molecule has 65 heavy (non-hydrogen) atoms. The van der Waals surface area contributed by atoms with Gasteiger partial charge in [-0.2, -0.15) is 0 Å². The van der Waals surface area contributed by atoms with Gasteiger partial charge in [0.15, 0.2) is 10.9 Å². The molecule has 0 spiro atoms. The minimum Gasteiger partial charge on any atom is -0.491 e. The molecule has 0 unspecified atom stereocenters. The van der Waals surface area contributed by atoms with Gasteiger partial charge in [0.2, 0.25) is 0 Å². The van der Waals surface area contributed by atoms with Crippen LogP contribution in [-0.2, 0) is 35.7 Å². The molecule has 0 bridgehead atoms. The lowest BCUT2D eigenvalue weighted by Crippen LogP contribution is -2.22. The summed E-state index contributed by atoms with van der Waals surface area (Å²) in [6, 6.07) is 42.6. The number of nitrogens with zero attached hydrogens (tertiary/aromatic N) is 7. The molecule has 0 saturated heterocycles. The number of anilines is 1. The third-order valence-corrected chi connectivity index (χ3v) is 10.4. The lowest BCUT2D eigenvalue weighted by atomic mass is 10.1. The fraction of sp³-hybridized carbons (Fsp3) is 0.200. The lowest BCUT2D eigenvalue weighted by Gasteiger charge is -2.22. The van der Waals surface area contributed by atoms with Crippen LogP contribution in [0.1, 0.15) is 11.4 Å². The lowest BCUT2D eigenvalue weighted by molar-refractivity contribution is 0.0923. The van der Waals surface area contributed by atoms with Gasteiger partial charge in [0.05, 0.1) is 75.8 Å². The van der Waals surface area contributed by atoms with Crippen molar-refractivity contribution in [3.8, 4) is 34.1 Å². The Morgan fingerprint density at radius 2 is 0.938 bits per heavy atom. The highest BCUT2D eigenvalue weighted by molar-refractivity contribution is 5.81. The van der Waals surface area contributed by atoms with Crippen molar-refractivity contribution in [2.45, 2.75) is 26.2 Å². The van der Waals surface area contributed by atoms with E-state index in [1.54, 1.807) is 45.8 Å². The first-order valence-electron chi connectivity index (χ1n) is 21.3. The summed E-state index contributed by atoms with van der Waals surface area (Å²) >= 11 is 0. The molecule has 0 amide bonds. The Morgan fingerprint density at radius 3 is 1.40 bits per heavy atom. The van der Waals surface area contributed by atoms with Gasteiger partial charge in [-0.3, -0.25) is 9.59 Å². The van der Waals surface area contributed by atoms with Gasteiger partial charge in [0, 0.05) is 41.1 Å². The Balaban J connectivity index is 0.706. The molecule has 9 aromatic rings. The largest absolute Gasteiger partial charge is 0.491 e. The molecule has 0 N–H and O–H groups in total. The van der Waals surface area contributed by atoms with E-state index in [4.69, 9.17) is 27.8 Å². The number of hydrogen-bond donors (Lipinski definition) is 0. The minimum atomic E-state index is -0.107. The van der Waals surface area contributed by atoms with Crippen LogP contribution in [0.25, 0.3) is 44.6 Å². The summed E-state index contributed by atoms with van der Waals surface area (Å²) in [6.45, 7) is 4.25. The summed E-state index contributed by atoms with van der Waals surface area (Å²) in [5.74, 6) is 2.19. The van der Waals surface area contributed by atoms with Crippen LogP contribution in [0.5, 0.6) is 11.5 Å². The highest BCUT2D eigenvalue weighted by Crippen LogP contribution is 2.27. The maximum Gasteiger partial charge on any atom is 0.193 e. The number of rotatable bonds is 21. The molecule has 4 heterocycles. The fourth-order valence-corrected chi connectivity index (χ4v) is 7.21. The third-order valence-electron chi connectivity index (χ3n) is 10.4. The predicted molar refractivity (Wildman–Crippen MR) is 245 cm³/mol. The number of aromatic nitrogens is 6. The molecule has 15 heteroatoms. The van der Waals surface area contributed by atoms with Crippen LogP contribution < -0.4 is 25.2 Å². The van der Waals surface area contributed by atoms with Gasteiger partial charge in [-0.1, -0.05) is 89.3 Å². The summed E-state index contributed by atoms with van der Waals surface area (Å²) < 4.78 is 39.1. The second kappa shape index (κ2) is 20.5. The number of fused-ring (bicyclic) bond motifs is 2.